The third kappa shape index (κ3) is 7.91. The van der Waals surface area contributed by atoms with Crippen molar-refractivity contribution in [1.82, 2.24) is 19.5 Å². The Bertz CT molecular complexity index is 3900. The van der Waals surface area contributed by atoms with Gasteiger partial charge in [-0.2, -0.15) is 0 Å². The SMILES string of the molecule is Cc1cc(C)c(-c2cc3sc4c(-c5cc(-c6cccc7c6nc(-c6cc(C(C)(C)C)cc(C(C)(C)C)c6O)n7-c6ccc(C(C)(C)C)cc6-c6ccccc6)c6ccccc6c5)ncnc4c3o2)c(C)c1. The van der Waals surface area contributed by atoms with Gasteiger partial charge in [0.1, 0.15) is 29.2 Å². The predicted molar refractivity (Wildman–Crippen MR) is 298 cm³/mol. The molecule has 4 heterocycles. The summed E-state index contributed by atoms with van der Waals surface area (Å²) >= 11 is 1.67. The van der Waals surface area contributed by atoms with Crippen LogP contribution in [0, 0.1) is 20.8 Å². The van der Waals surface area contributed by atoms with Gasteiger partial charge in [-0.15, -0.1) is 11.3 Å². The lowest BCUT2D eigenvalue weighted by molar-refractivity contribution is 0.446. The number of imidazole rings is 1. The topological polar surface area (TPSA) is 77.0 Å². The largest absolute Gasteiger partial charge is 0.507 e. The molecule has 0 amide bonds. The molecule has 71 heavy (non-hydrogen) atoms. The molecule has 0 radical (unpaired) electrons. The summed E-state index contributed by atoms with van der Waals surface area (Å²) in [6.45, 7) is 26.4. The summed E-state index contributed by atoms with van der Waals surface area (Å²) in [7, 11) is 0. The quantitative estimate of drug-likeness (QED) is 0.180. The second-order valence-corrected chi connectivity index (χ2v) is 23.6. The Kier molecular flexibility index (Phi) is 10.8. The first-order valence-electron chi connectivity index (χ1n) is 24.6. The van der Waals surface area contributed by atoms with Crippen LogP contribution >= 0.6 is 11.3 Å². The summed E-state index contributed by atoms with van der Waals surface area (Å²) in [6, 6.07) is 48.0. The number of aromatic hydroxyl groups is 1. The van der Waals surface area contributed by atoms with E-state index in [-0.39, 0.29) is 22.0 Å². The Labute approximate surface area is 420 Å². The van der Waals surface area contributed by atoms with Crippen LogP contribution in [0.5, 0.6) is 5.75 Å². The number of aromatic nitrogens is 4. The number of thiophene rings is 1. The molecular formula is C64H60N4O2S. The number of aryl methyl sites for hydroxylation is 3. The van der Waals surface area contributed by atoms with Gasteiger partial charge >= 0.3 is 0 Å². The van der Waals surface area contributed by atoms with E-state index in [0.717, 1.165) is 104 Å². The molecule has 7 aromatic carbocycles. The number of phenols is 1. The fourth-order valence-corrected chi connectivity index (χ4v) is 11.6. The summed E-state index contributed by atoms with van der Waals surface area (Å²) in [6.07, 6.45) is 1.66. The number of furan rings is 1. The Morgan fingerprint density at radius 2 is 1.28 bits per heavy atom. The van der Waals surface area contributed by atoms with E-state index in [1.807, 2.05) is 0 Å². The maximum atomic E-state index is 12.7. The zero-order chi connectivity index (χ0) is 49.9. The average Bonchev–Trinajstić information content (AvgIpc) is 4.01. The number of rotatable bonds is 6. The van der Waals surface area contributed by atoms with Crippen molar-refractivity contribution in [2.75, 3.05) is 0 Å². The van der Waals surface area contributed by atoms with Gasteiger partial charge in [0.15, 0.2) is 5.58 Å². The van der Waals surface area contributed by atoms with Crippen LogP contribution in [0.15, 0.2) is 144 Å². The first-order chi connectivity index (χ1) is 33.7. The number of nitrogens with zero attached hydrogens (tertiary/aromatic N) is 4. The summed E-state index contributed by atoms with van der Waals surface area (Å²) in [4.78, 5) is 15.6. The minimum Gasteiger partial charge on any atom is -0.507 e. The molecule has 7 heteroatoms. The molecular weight excluding hydrogens is 889 g/mol. The van der Waals surface area contributed by atoms with Gasteiger partial charge in [-0.3, -0.25) is 4.57 Å². The summed E-state index contributed by atoms with van der Waals surface area (Å²) in [5.41, 5.74) is 18.4. The molecule has 1 N–H and O–H groups in total. The van der Waals surface area contributed by atoms with E-state index in [0.29, 0.717) is 11.4 Å². The Hall–Kier alpha value is -7.35. The standard InChI is InChI=1S/C64H60N4O2S/c1-36-27-37(2)54(38(3)28-36)52-34-53-59(70-52)57-60(71-53)55(65-35-66-57)41-29-40-21-16-17-22-44(40)47(30-41)45-23-18-24-51-56(45)67-61(48-32-43(63(7,8)9)33-49(58(48)69)64(10,11)12)68(51)50-26-25-42(62(4,5)6)31-46(50)39-19-14-13-15-20-39/h13-35,69H,1-12H3. The molecule has 0 aliphatic heterocycles. The van der Waals surface area contributed by atoms with E-state index in [1.165, 1.54) is 22.3 Å². The molecule has 11 rings (SSSR count). The van der Waals surface area contributed by atoms with Gasteiger partial charge in [0.2, 0.25) is 0 Å². The van der Waals surface area contributed by atoms with Crippen molar-refractivity contribution in [2.45, 2.75) is 99.3 Å². The van der Waals surface area contributed by atoms with Crippen LogP contribution in [0.4, 0.5) is 0 Å². The lowest BCUT2D eigenvalue weighted by atomic mass is 9.79. The van der Waals surface area contributed by atoms with Gasteiger partial charge < -0.3 is 9.52 Å². The Morgan fingerprint density at radius 3 is 2.00 bits per heavy atom. The number of benzene rings is 7. The normalized spacial score (nSPS) is 12.6. The van der Waals surface area contributed by atoms with Crippen molar-refractivity contribution in [1.29, 1.82) is 0 Å². The van der Waals surface area contributed by atoms with Crippen LogP contribution in [0.25, 0.3) is 104 Å². The first kappa shape index (κ1) is 46.1. The van der Waals surface area contributed by atoms with Crippen molar-refractivity contribution in [3.8, 4) is 67.7 Å². The number of hydrogen-bond acceptors (Lipinski definition) is 6. The van der Waals surface area contributed by atoms with Crippen molar-refractivity contribution in [2.24, 2.45) is 0 Å². The predicted octanol–water partition coefficient (Wildman–Crippen LogP) is 17.8. The average molecular weight is 949 g/mol. The van der Waals surface area contributed by atoms with Crippen LogP contribution in [0.1, 0.15) is 95.7 Å². The van der Waals surface area contributed by atoms with Crippen molar-refractivity contribution in [3.63, 3.8) is 0 Å². The van der Waals surface area contributed by atoms with Crippen molar-refractivity contribution in [3.05, 3.63) is 173 Å². The Balaban J connectivity index is 1.18. The molecule has 11 aromatic rings. The smallest absolute Gasteiger partial charge is 0.171 e. The fourth-order valence-electron chi connectivity index (χ4n) is 10.5. The lowest BCUT2D eigenvalue weighted by Gasteiger charge is -2.28. The highest BCUT2D eigenvalue weighted by molar-refractivity contribution is 7.26. The maximum Gasteiger partial charge on any atom is 0.171 e. The molecule has 0 unspecified atom stereocenters. The van der Waals surface area contributed by atoms with Gasteiger partial charge in [0, 0.05) is 33.9 Å². The number of phenolic OH excluding ortho intramolecular Hbond substituents is 1. The molecule has 0 atom stereocenters. The molecule has 6 nitrogen and oxygen atoms in total. The molecule has 354 valence electrons. The summed E-state index contributed by atoms with van der Waals surface area (Å²) in [5, 5.41) is 14.8. The highest BCUT2D eigenvalue weighted by atomic mass is 32.1. The first-order valence-corrected chi connectivity index (χ1v) is 25.4. The number of para-hydroxylation sites is 1. The molecule has 0 aliphatic carbocycles. The zero-order valence-electron chi connectivity index (χ0n) is 42.8. The van der Waals surface area contributed by atoms with Crippen molar-refractivity contribution >= 4 is 53.6 Å². The van der Waals surface area contributed by atoms with Gasteiger partial charge in [-0.05, 0) is 118 Å². The second-order valence-electron chi connectivity index (χ2n) is 22.5. The second kappa shape index (κ2) is 16.6. The number of fused-ring (bicyclic) bond motifs is 5. The van der Waals surface area contributed by atoms with Crippen molar-refractivity contribution < 1.29 is 9.52 Å². The van der Waals surface area contributed by atoms with E-state index in [4.69, 9.17) is 19.4 Å². The third-order valence-electron chi connectivity index (χ3n) is 14.2. The van der Waals surface area contributed by atoms with E-state index < -0.39 is 0 Å². The minimum atomic E-state index is -0.343. The molecule has 0 aliphatic rings. The molecule has 0 fully saturated rings. The van der Waals surface area contributed by atoms with Gasteiger partial charge in [0.05, 0.1) is 37.4 Å². The molecule has 4 aromatic heterocycles. The summed E-state index contributed by atoms with van der Waals surface area (Å²) in [5.74, 6) is 1.78. The van der Waals surface area contributed by atoms with Crippen LogP contribution in [-0.2, 0) is 16.2 Å². The third-order valence-corrected chi connectivity index (χ3v) is 15.3. The summed E-state index contributed by atoms with van der Waals surface area (Å²) < 4.78 is 11.0. The van der Waals surface area contributed by atoms with Crippen LogP contribution < -0.4 is 0 Å². The Morgan fingerprint density at radius 1 is 0.577 bits per heavy atom. The molecule has 0 bridgehead atoms. The van der Waals surface area contributed by atoms with Gasteiger partial charge in [-0.25, -0.2) is 15.0 Å². The van der Waals surface area contributed by atoms with Gasteiger partial charge in [0.25, 0.3) is 0 Å². The van der Waals surface area contributed by atoms with E-state index in [2.05, 4.69) is 221 Å². The van der Waals surface area contributed by atoms with E-state index in [9.17, 15) is 5.11 Å². The minimum absolute atomic E-state index is 0.0904. The highest BCUT2D eigenvalue weighted by Gasteiger charge is 2.30. The van der Waals surface area contributed by atoms with E-state index >= 15 is 0 Å². The molecule has 0 saturated carbocycles. The maximum absolute atomic E-state index is 12.7. The fraction of sp³-hybridized carbons (Fsp3) is 0.234. The van der Waals surface area contributed by atoms with E-state index in [1.54, 1.807) is 17.7 Å². The van der Waals surface area contributed by atoms with Crippen LogP contribution in [0.2, 0.25) is 0 Å². The molecule has 0 saturated heterocycles. The lowest BCUT2D eigenvalue weighted by Crippen LogP contribution is -2.17. The molecule has 0 spiro atoms. The monoisotopic (exact) mass is 948 g/mol. The van der Waals surface area contributed by atoms with Gasteiger partial charge in [-0.1, -0.05) is 159 Å². The highest BCUT2D eigenvalue weighted by Crippen LogP contribution is 2.48. The van der Waals surface area contributed by atoms with Crippen LogP contribution in [0.3, 0.4) is 0 Å². The number of hydrogen-bond donors (Lipinski definition) is 1. The zero-order valence-corrected chi connectivity index (χ0v) is 43.6. The van der Waals surface area contributed by atoms with Crippen LogP contribution in [-0.4, -0.2) is 24.6 Å².